The summed E-state index contributed by atoms with van der Waals surface area (Å²) in [6.07, 6.45) is 0. The van der Waals surface area contributed by atoms with Crippen LogP contribution in [0, 0.1) is 5.82 Å². The summed E-state index contributed by atoms with van der Waals surface area (Å²) in [4.78, 5) is 21.4. The molecular formula is C23H16FN3OS. The van der Waals surface area contributed by atoms with Gasteiger partial charge in [-0.15, -0.1) is 0 Å². The summed E-state index contributed by atoms with van der Waals surface area (Å²) in [7, 11) is 0. The number of nitrogens with one attached hydrogen (secondary N) is 1. The van der Waals surface area contributed by atoms with E-state index in [2.05, 4.69) is 4.98 Å². The first-order valence-electron chi connectivity index (χ1n) is 9.17. The summed E-state index contributed by atoms with van der Waals surface area (Å²) < 4.78 is 15.0. The second-order valence-corrected chi connectivity index (χ2v) is 7.62. The van der Waals surface area contributed by atoms with Crippen LogP contribution in [0.25, 0.3) is 27.6 Å². The second kappa shape index (κ2) is 7.22. The first-order valence-corrected chi connectivity index (χ1v) is 10.2. The van der Waals surface area contributed by atoms with Crippen molar-refractivity contribution in [3.8, 4) is 5.69 Å². The highest BCUT2D eigenvalue weighted by Gasteiger charge is 2.17. The van der Waals surface area contributed by atoms with Gasteiger partial charge in [-0.1, -0.05) is 60.3 Å². The highest BCUT2D eigenvalue weighted by molar-refractivity contribution is 7.98. The Morgan fingerprint density at radius 3 is 2.45 bits per heavy atom. The second-order valence-electron chi connectivity index (χ2n) is 6.68. The van der Waals surface area contributed by atoms with Crippen LogP contribution in [0.1, 0.15) is 5.56 Å². The van der Waals surface area contributed by atoms with Crippen LogP contribution >= 0.6 is 11.8 Å². The minimum atomic E-state index is -0.347. The molecule has 0 radical (unpaired) electrons. The van der Waals surface area contributed by atoms with Crippen molar-refractivity contribution in [1.29, 1.82) is 0 Å². The fraction of sp³-hybridized carbons (Fsp3) is 0.0435. The van der Waals surface area contributed by atoms with Gasteiger partial charge in [0.25, 0.3) is 5.56 Å². The van der Waals surface area contributed by atoms with Gasteiger partial charge in [0.1, 0.15) is 16.9 Å². The molecule has 2 aromatic heterocycles. The smallest absolute Gasteiger partial charge is 0.283 e. The van der Waals surface area contributed by atoms with E-state index in [1.165, 1.54) is 23.9 Å². The van der Waals surface area contributed by atoms with Crippen molar-refractivity contribution in [2.75, 3.05) is 0 Å². The highest BCUT2D eigenvalue weighted by atomic mass is 32.2. The molecule has 0 atom stereocenters. The number of hydrogen-bond acceptors (Lipinski definition) is 3. The predicted molar refractivity (Wildman–Crippen MR) is 115 cm³/mol. The number of rotatable bonds is 4. The molecule has 3 aromatic carbocycles. The van der Waals surface area contributed by atoms with Crippen molar-refractivity contribution in [1.82, 2.24) is 14.5 Å². The van der Waals surface area contributed by atoms with E-state index < -0.39 is 0 Å². The van der Waals surface area contributed by atoms with Crippen molar-refractivity contribution < 1.29 is 4.39 Å². The molecule has 0 bridgehead atoms. The van der Waals surface area contributed by atoms with E-state index >= 15 is 0 Å². The molecule has 0 aliphatic heterocycles. The molecule has 0 fully saturated rings. The van der Waals surface area contributed by atoms with Crippen molar-refractivity contribution >= 4 is 33.7 Å². The molecule has 0 saturated heterocycles. The minimum absolute atomic E-state index is 0.201. The minimum Gasteiger partial charge on any atom is -0.349 e. The Hall–Kier alpha value is -3.38. The Bertz CT molecular complexity index is 1370. The zero-order valence-corrected chi connectivity index (χ0v) is 16.1. The van der Waals surface area contributed by atoms with Gasteiger partial charge in [-0.05, 0) is 35.9 Å². The van der Waals surface area contributed by atoms with Crippen LogP contribution in [0.2, 0.25) is 0 Å². The number of hydrogen-bond donors (Lipinski definition) is 1. The average molecular weight is 401 g/mol. The van der Waals surface area contributed by atoms with Crippen molar-refractivity contribution in [3.63, 3.8) is 0 Å². The number of aromatic amines is 1. The molecule has 4 nitrogen and oxygen atoms in total. The van der Waals surface area contributed by atoms with E-state index in [4.69, 9.17) is 4.98 Å². The van der Waals surface area contributed by atoms with Gasteiger partial charge in [0, 0.05) is 16.7 Å². The molecule has 0 aliphatic rings. The normalized spacial score (nSPS) is 11.3. The predicted octanol–water partition coefficient (Wildman–Crippen LogP) is 5.30. The van der Waals surface area contributed by atoms with E-state index in [0.29, 0.717) is 27.6 Å². The molecule has 5 aromatic rings. The van der Waals surface area contributed by atoms with Crippen molar-refractivity contribution in [3.05, 3.63) is 101 Å². The van der Waals surface area contributed by atoms with Crippen LogP contribution < -0.4 is 5.56 Å². The Kier molecular flexibility index (Phi) is 4.41. The maximum Gasteiger partial charge on any atom is 0.283 e. The Morgan fingerprint density at radius 2 is 1.66 bits per heavy atom. The first kappa shape index (κ1) is 17.7. The monoisotopic (exact) mass is 401 g/mol. The van der Waals surface area contributed by atoms with Gasteiger partial charge in [-0.25, -0.2) is 9.37 Å². The molecule has 5 rings (SSSR count). The molecule has 1 N–H and O–H groups in total. The third-order valence-electron chi connectivity index (χ3n) is 4.79. The van der Waals surface area contributed by atoms with Gasteiger partial charge < -0.3 is 4.98 Å². The third kappa shape index (κ3) is 3.21. The number of fused-ring (bicyclic) bond motifs is 3. The Balaban J connectivity index is 1.72. The lowest BCUT2D eigenvalue weighted by Crippen LogP contribution is -2.21. The molecule has 142 valence electrons. The summed E-state index contributed by atoms with van der Waals surface area (Å²) in [5, 5.41) is 1.48. The van der Waals surface area contributed by atoms with E-state index in [0.717, 1.165) is 16.5 Å². The maximum atomic E-state index is 13.5. The number of H-pyrrole nitrogens is 1. The van der Waals surface area contributed by atoms with Crippen LogP contribution in [0.5, 0.6) is 0 Å². The number of thioether (sulfide) groups is 1. The van der Waals surface area contributed by atoms with Gasteiger partial charge in [0.2, 0.25) is 0 Å². The number of halogens is 1. The number of aromatic nitrogens is 3. The quantitative estimate of drug-likeness (QED) is 0.328. The highest BCUT2D eigenvalue weighted by Crippen LogP contribution is 2.28. The summed E-state index contributed by atoms with van der Waals surface area (Å²) in [6.45, 7) is 0. The van der Waals surface area contributed by atoms with E-state index in [9.17, 15) is 9.18 Å². The molecule has 0 unspecified atom stereocenters. The molecule has 29 heavy (non-hydrogen) atoms. The zero-order chi connectivity index (χ0) is 19.8. The van der Waals surface area contributed by atoms with Crippen LogP contribution in [-0.4, -0.2) is 14.5 Å². The lowest BCUT2D eigenvalue weighted by atomic mass is 10.2. The summed E-state index contributed by atoms with van der Waals surface area (Å²) in [6, 6.07) is 23.6. The van der Waals surface area contributed by atoms with E-state index in [-0.39, 0.29) is 11.4 Å². The fourth-order valence-electron chi connectivity index (χ4n) is 3.38. The largest absolute Gasteiger partial charge is 0.349 e. The Labute approximate surface area is 170 Å². The van der Waals surface area contributed by atoms with Crippen molar-refractivity contribution in [2.24, 2.45) is 0 Å². The lowest BCUT2D eigenvalue weighted by Gasteiger charge is -2.12. The number of benzene rings is 3. The van der Waals surface area contributed by atoms with Gasteiger partial charge in [0.05, 0.1) is 5.69 Å². The first-order chi connectivity index (χ1) is 14.2. The van der Waals surface area contributed by atoms with E-state index in [1.54, 1.807) is 16.7 Å². The molecule has 0 aliphatic carbocycles. The van der Waals surface area contributed by atoms with Gasteiger partial charge in [0.15, 0.2) is 5.16 Å². The van der Waals surface area contributed by atoms with Gasteiger partial charge in [-0.3, -0.25) is 9.36 Å². The molecule has 0 amide bonds. The molecule has 0 spiro atoms. The van der Waals surface area contributed by atoms with Crippen LogP contribution in [-0.2, 0) is 5.75 Å². The van der Waals surface area contributed by atoms with Crippen molar-refractivity contribution in [2.45, 2.75) is 10.9 Å². The van der Waals surface area contributed by atoms with Gasteiger partial charge >= 0.3 is 0 Å². The average Bonchev–Trinajstić information content (AvgIpc) is 3.13. The van der Waals surface area contributed by atoms with Gasteiger partial charge in [-0.2, -0.15) is 0 Å². The SMILES string of the molecule is O=c1c2[nH]c3ccccc3c2nc(SCc2ccccc2)n1-c1ccc(F)cc1. The summed E-state index contributed by atoms with van der Waals surface area (Å²) in [5.41, 5.74) is 3.48. The van der Waals surface area contributed by atoms with Crippen LogP contribution in [0.3, 0.4) is 0 Å². The zero-order valence-electron chi connectivity index (χ0n) is 15.3. The summed E-state index contributed by atoms with van der Waals surface area (Å²) in [5.74, 6) is 0.322. The maximum absolute atomic E-state index is 13.5. The molecular weight excluding hydrogens is 385 g/mol. The standard InChI is InChI=1S/C23H16FN3OS/c24-16-10-12-17(13-11-16)27-22(28)21-20(18-8-4-5-9-19(18)25-21)26-23(27)29-14-15-6-2-1-3-7-15/h1-13,25H,14H2. The topological polar surface area (TPSA) is 50.7 Å². The third-order valence-corrected chi connectivity index (χ3v) is 5.80. The van der Waals surface area contributed by atoms with E-state index in [1.807, 2.05) is 54.6 Å². The molecule has 2 heterocycles. The lowest BCUT2D eigenvalue weighted by molar-refractivity contribution is 0.627. The Morgan fingerprint density at radius 1 is 0.931 bits per heavy atom. The van der Waals surface area contributed by atoms with Crippen LogP contribution in [0.15, 0.2) is 88.8 Å². The summed E-state index contributed by atoms with van der Waals surface area (Å²) >= 11 is 1.48. The number of nitrogens with zero attached hydrogens (tertiary/aromatic N) is 2. The number of para-hydroxylation sites is 1. The van der Waals surface area contributed by atoms with Crippen LogP contribution in [0.4, 0.5) is 4.39 Å². The molecule has 0 saturated carbocycles. The fourth-order valence-corrected chi connectivity index (χ4v) is 4.34. The molecule has 6 heteroatoms.